The average molecular weight is 259 g/mol. The van der Waals surface area contributed by atoms with Gasteiger partial charge >= 0.3 is 0 Å². The van der Waals surface area contributed by atoms with Gasteiger partial charge in [-0.25, -0.2) is 0 Å². The number of benzene rings is 1. The fourth-order valence-electron chi connectivity index (χ4n) is 2.21. The third-order valence-electron chi connectivity index (χ3n) is 3.40. The van der Waals surface area contributed by atoms with E-state index in [-0.39, 0.29) is 5.91 Å². The Bertz CT molecular complexity index is 572. The van der Waals surface area contributed by atoms with Gasteiger partial charge in [-0.05, 0) is 25.5 Å². The molecule has 0 saturated heterocycles. The number of aromatic amines is 1. The molecule has 3 N–H and O–H groups in total. The number of para-hydroxylation sites is 1. The Hall–Kier alpha value is -1.81. The van der Waals surface area contributed by atoms with Crippen LogP contribution < -0.4 is 10.6 Å². The molecule has 0 radical (unpaired) electrons. The van der Waals surface area contributed by atoms with Crippen molar-refractivity contribution in [1.29, 1.82) is 0 Å². The first-order valence-corrected chi connectivity index (χ1v) is 6.52. The lowest BCUT2D eigenvalue weighted by molar-refractivity contribution is -0.128. The van der Waals surface area contributed by atoms with E-state index in [4.69, 9.17) is 0 Å². The van der Waals surface area contributed by atoms with Crippen LogP contribution in [-0.4, -0.2) is 24.5 Å². The number of carbonyl (C=O) groups is 1. The van der Waals surface area contributed by atoms with Crippen LogP contribution in [0.2, 0.25) is 0 Å². The molecule has 0 fully saturated rings. The molecule has 4 nitrogen and oxygen atoms in total. The second-order valence-corrected chi connectivity index (χ2v) is 5.43. The predicted molar refractivity (Wildman–Crippen MR) is 77.9 cm³/mol. The maximum Gasteiger partial charge on any atom is 0.226 e. The topological polar surface area (TPSA) is 56.9 Å². The Balaban J connectivity index is 1.98. The van der Waals surface area contributed by atoms with E-state index in [9.17, 15) is 4.79 Å². The molecule has 0 aliphatic heterocycles. The number of carbonyl (C=O) groups excluding carboxylic acids is 1. The van der Waals surface area contributed by atoms with Crippen LogP contribution in [0, 0.1) is 5.41 Å². The normalized spacial score (nSPS) is 11.7. The highest BCUT2D eigenvalue weighted by molar-refractivity contribution is 5.83. The van der Waals surface area contributed by atoms with Crippen LogP contribution in [0.25, 0.3) is 10.9 Å². The number of H-pyrrole nitrogens is 1. The second-order valence-electron chi connectivity index (χ2n) is 5.43. The summed E-state index contributed by atoms with van der Waals surface area (Å²) in [5, 5.41) is 7.28. The number of rotatable bonds is 5. The van der Waals surface area contributed by atoms with Crippen molar-refractivity contribution in [3.05, 3.63) is 36.0 Å². The maximum absolute atomic E-state index is 11.7. The molecular weight excluding hydrogens is 238 g/mol. The van der Waals surface area contributed by atoms with E-state index in [1.807, 2.05) is 32.2 Å². The first kappa shape index (κ1) is 13.6. The summed E-state index contributed by atoms with van der Waals surface area (Å²) in [5.74, 6) is 0.0546. The Morgan fingerprint density at radius 3 is 2.79 bits per heavy atom. The first-order chi connectivity index (χ1) is 9.04. The largest absolute Gasteiger partial charge is 0.361 e. The minimum absolute atomic E-state index is 0.0546. The van der Waals surface area contributed by atoms with Crippen molar-refractivity contribution >= 4 is 16.8 Å². The van der Waals surface area contributed by atoms with E-state index in [0.717, 1.165) is 12.1 Å². The van der Waals surface area contributed by atoms with Gasteiger partial charge in [0.2, 0.25) is 5.91 Å². The zero-order chi connectivity index (χ0) is 13.9. The van der Waals surface area contributed by atoms with Crippen molar-refractivity contribution in [3.63, 3.8) is 0 Å². The molecule has 4 heteroatoms. The van der Waals surface area contributed by atoms with Gasteiger partial charge in [0, 0.05) is 37.2 Å². The van der Waals surface area contributed by atoms with Crippen molar-refractivity contribution in [3.8, 4) is 0 Å². The quantitative estimate of drug-likeness (QED) is 0.769. The summed E-state index contributed by atoms with van der Waals surface area (Å²) in [4.78, 5) is 14.9. The van der Waals surface area contributed by atoms with E-state index in [0.29, 0.717) is 6.54 Å². The highest BCUT2D eigenvalue weighted by Gasteiger charge is 2.25. The SMILES string of the molecule is CNC(=O)C(C)(C)CNCc1c[nH]c2ccccc12. The van der Waals surface area contributed by atoms with Gasteiger partial charge < -0.3 is 15.6 Å². The number of amides is 1. The summed E-state index contributed by atoms with van der Waals surface area (Å²) in [5.41, 5.74) is 1.97. The lowest BCUT2D eigenvalue weighted by Crippen LogP contribution is -2.41. The number of aromatic nitrogens is 1. The Morgan fingerprint density at radius 1 is 1.32 bits per heavy atom. The lowest BCUT2D eigenvalue weighted by atomic mass is 9.92. The zero-order valence-corrected chi connectivity index (χ0v) is 11.7. The molecule has 1 amide bonds. The molecule has 0 saturated carbocycles. The molecular formula is C15H21N3O. The number of hydrogen-bond acceptors (Lipinski definition) is 2. The molecule has 0 aliphatic rings. The summed E-state index contributed by atoms with van der Waals surface area (Å²) >= 11 is 0. The molecule has 102 valence electrons. The van der Waals surface area contributed by atoms with Crippen LogP contribution in [0.3, 0.4) is 0 Å². The lowest BCUT2D eigenvalue weighted by Gasteiger charge is -2.22. The second kappa shape index (κ2) is 5.45. The monoisotopic (exact) mass is 259 g/mol. The molecule has 0 spiro atoms. The average Bonchev–Trinajstić information content (AvgIpc) is 2.81. The summed E-state index contributed by atoms with van der Waals surface area (Å²) in [7, 11) is 1.67. The van der Waals surface area contributed by atoms with Gasteiger partial charge in [-0.2, -0.15) is 0 Å². The van der Waals surface area contributed by atoms with Gasteiger partial charge in [0.15, 0.2) is 0 Å². The van der Waals surface area contributed by atoms with Crippen LogP contribution >= 0.6 is 0 Å². The van der Waals surface area contributed by atoms with E-state index < -0.39 is 5.41 Å². The first-order valence-electron chi connectivity index (χ1n) is 6.52. The smallest absolute Gasteiger partial charge is 0.226 e. The molecule has 1 aromatic carbocycles. The highest BCUT2D eigenvalue weighted by atomic mass is 16.2. The van der Waals surface area contributed by atoms with Crippen molar-refractivity contribution in [2.24, 2.45) is 5.41 Å². The van der Waals surface area contributed by atoms with Crippen molar-refractivity contribution in [1.82, 2.24) is 15.6 Å². The Kier molecular flexibility index (Phi) is 3.90. The maximum atomic E-state index is 11.7. The minimum Gasteiger partial charge on any atom is -0.361 e. The standard InChI is InChI=1S/C15H21N3O/c1-15(2,14(19)16-3)10-17-8-11-9-18-13-7-5-4-6-12(11)13/h4-7,9,17-18H,8,10H2,1-3H3,(H,16,19). The van der Waals surface area contributed by atoms with Crippen LogP contribution in [0.15, 0.2) is 30.5 Å². The van der Waals surface area contributed by atoms with Crippen LogP contribution in [-0.2, 0) is 11.3 Å². The number of nitrogens with one attached hydrogen (secondary N) is 3. The van der Waals surface area contributed by atoms with Crippen LogP contribution in [0.1, 0.15) is 19.4 Å². The molecule has 1 heterocycles. The van der Waals surface area contributed by atoms with Crippen LogP contribution in [0.5, 0.6) is 0 Å². The molecule has 1 aromatic heterocycles. The predicted octanol–water partition coefficient (Wildman–Crippen LogP) is 2.03. The van der Waals surface area contributed by atoms with E-state index in [1.165, 1.54) is 10.9 Å². The zero-order valence-electron chi connectivity index (χ0n) is 11.7. The molecule has 0 aliphatic carbocycles. The highest BCUT2D eigenvalue weighted by Crippen LogP contribution is 2.18. The molecule has 2 rings (SSSR count). The summed E-state index contributed by atoms with van der Waals surface area (Å²) in [6, 6.07) is 8.22. The van der Waals surface area contributed by atoms with Crippen molar-refractivity contribution in [2.45, 2.75) is 20.4 Å². The third-order valence-corrected chi connectivity index (χ3v) is 3.40. The minimum atomic E-state index is -0.402. The van der Waals surface area contributed by atoms with E-state index >= 15 is 0 Å². The Labute approximate surface area is 113 Å². The number of fused-ring (bicyclic) bond motifs is 1. The van der Waals surface area contributed by atoms with Gasteiger partial charge in [0.1, 0.15) is 0 Å². The molecule has 0 bridgehead atoms. The molecule has 0 unspecified atom stereocenters. The van der Waals surface area contributed by atoms with Gasteiger partial charge in [0.25, 0.3) is 0 Å². The Morgan fingerprint density at radius 2 is 2.05 bits per heavy atom. The van der Waals surface area contributed by atoms with Gasteiger partial charge in [0.05, 0.1) is 5.41 Å². The van der Waals surface area contributed by atoms with Crippen molar-refractivity contribution in [2.75, 3.05) is 13.6 Å². The van der Waals surface area contributed by atoms with Gasteiger partial charge in [-0.3, -0.25) is 4.79 Å². The van der Waals surface area contributed by atoms with E-state index in [2.05, 4.69) is 27.8 Å². The fraction of sp³-hybridized carbons (Fsp3) is 0.400. The third kappa shape index (κ3) is 2.96. The molecule has 19 heavy (non-hydrogen) atoms. The summed E-state index contributed by atoms with van der Waals surface area (Å²) in [6.45, 7) is 5.28. The van der Waals surface area contributed by atoms with Gasteiger partial charge in [-0.15, -0.1) is 0 Å². The van der Waals surface area contributed by atoms with E-state index in [1.54, 1.807) is 7.05 Å². The molecule has 2 aromatic rings. The summed E-state index contributed by atoms with van der Waals surface area (Å²) in [6.07, 6.45) is 2.02. The van der Waals surface area contributed by atoms with Crippen LogP contribution in [0.4, 0.5) is 0 Å². The number of hydrogen-bond donors (Lipinski definition) is 3. The summed E-state index contributed by atoms with van der Waals surface area (Å²) < 4.78 is 0. The van der Waals surface area contributed by atoms with Crippen molar-refractivity contribution < 1.29 is 4.79 Å². The molecule has 0 atom stereocenters. The van der Waals surface area contributed by atoms with Gasteiger partial charge in [-0.1, -0.05) is 18.2 Å². The fourth-order valence-corrected chi connectivity index (χ4v) is 2.21.